The topological polar surface area (TPSA) is 23.5 Å². The summed E-state index contributed by atoms with van der Waals surface area (Å²) >= 11 is 0. The highest BCUT2D eigenvalue weighted by atomic mass is 16.3. The Morgan fingerprint density at radius 3 is 2.24 bits per heavy atom. The number of aliphatic hydroxyl groups excluding tert-OH is 1. The van der Waals surface area contributed by atoms with E-state index < -0.39 is 0 Å². The van der Waals surface area contributed by atoms with E-state index in [1.807, 2.05) is 0 Å². The fraction of sp³-hybridized carbons (Fsp3) is 1.00. The van der Waals surface area contributed by atoms with Crippen molar-refractivity contribution in [3.63, 3.8) is 0 Å². The molecule has 1 aliphatic heterocycles. The van der Waals surface area contributed by atoms with Crippen molar-refractivity contribution in [1.29, 1.82) is 0 Å². The molecule has 0 aromatic carbocycles. The summed E-state index contributed by atoms with van der Waals surface area (Å²) in [5.74, 6) is 0.786. The maximum Gasteiger partial charge on any atom is 0.0721 e. The molecule has 1 unspecified atom stereocenters. The summed E-state index contributed by atoms with van der Waals surface area (Å²) in [5.41, 5.74) is -0.0248. The van der Waals surface area contributed by atoms with Gasteiger partial charge in [0.2, 0.25) is 0 Å². The fourth-order valence-corrected chi connectivity index (χ4v) is 3.53. The van der Waals surface area contributed by atoms with E-state index in [9.17, 15) is 5.11 Å². The molecule has 17 heavy (non-hydrogen) atoms. The van der Waals surface area contributed by atoms with E-state index in [1.54, 1.807) is 0 Å². The van der Waals surface area contributed by atoms with Gasteiger partial charge in [-0.2, -0.15) is 0 Å². The Labute approximate surface area is 106 Å². The van der Waals surface area contributed by atoms with Gasteiger partial charge in [-0.15, -0.1) is 0 Å². The highest BCUT2D eigenvalue weighted by Gasteiger charge is 2.36. The minimum atomic E-state index is -0.149. The molecule has 0 bridgehead atoms. The molecule has 0 amide bonds. The summed E-state index contributed by atoms with van der Waals surface area (Å²) in [6.07, 6.45) is 10.3. The Bertz CT molecular complexity index is 227. The van der Waals surface area contributed by atoms with Crippen LogP contribution < -0.4 is 0 Å². The minimum Gasteiger partial charge on any atom is -0.391 e. The van der Waals surface area contributed by atoms with Crippen LogP contribution in [-0.2, 0) is 0 Å². The van der Waals surface area contributed by atoms with Gasteiger partial charge in [0, 0.05) is 5.54 Å². The quantitative estimate of drug-likeness (QED) is 0.814. The lowest BCUT2D eigenvalue weighted by atomic mass is 9.86. The van der Waals surface area contributed by atoms with Gasteiger partial charge >= 0.3 is 0 Å². The van der Waals surface area contributed by atoms with Gasteiger partial charge in [0.15, 0.2) is 0 Å². The molecule has 1 atom stereocenters. The van der Waals surface area contributed by atoms with Gasteiger partial charge in [-0.1, -0.05) is 32.1 Å². The fourth-order valence-electron chi connectivity index (χ4n) is 3.53. The summed E-state index contributed by atoms with van der Waals surface area (Å²) in [5, 5.41) is 10.5. The van der Waals surface area contributed by atoms with Crippen LogP contribution in [-0.4, -0.2) is 34.7 Å². The molecule has 2 aliphatic rings. The molecule has 100 valence electrons. The third kappa shape index (κ3) is 3.23. The van der Waals surface area contributed by atoms with Crippen LogP contribution in [0.2, 0.25) is 0 Å². The zero-order chi connectivity index (χ0) is 12.3. The second-order valence-corrected chi connectivity index (χ2v) is 6.60. The van der Waals surface area contributed by atoms with Gasteiger partial charge < -0.3 is 5.11 Å². The average molecular weight is 239 g/mol. The first-order valence-electron chi connectivity index (χ1n) is 7.54. The largest absolute Gasteiger partial charge is 0.391 e. The van der Waals surface area contributed by atoms with Crippen molar-refractivity contribution in [1.82, 2.24) is 4.90 Å². The number of hydrogen-bond donors (Lipinski definition) is 1. The molecular formula is C15H29NO. The molecule has 0 aromatic heterocycles. The standard InChI is InChI=1S/C15H29NO/c1-15(2,16-10-6-3-7-11-16)14(17)12-13-8-4-5-9-13/h13-14,17H,3-12H2,1-2H3. The van der Waals surface area contributed by atoms with E-state index in [0.29, 0.717) is 0 Å². The highest BCUT2D eigenvalue weighted by molar-refractivity contribution is 4.91. The normalized spacial score (nSPS) is 26.3. The van der Waals surface area contributed by atoms with Crippen LogP contribution in [0.5, 0.6) is 0 Å². The molecule has 0 spiro atoms. The predicted molar refractivity (Wildman–Crippen MR) is 72.1 cm³/mol. The van der Waals surface area contributed by atoms with Gasteiger partial charge in [-0.05, 0) is 52.1 Å². The number of piperidine rings is 1. The number of aliphatic hydroxyl groups is 1. The molecule has 1 N–H and O–H groups in total. The lowest BCUT2D eigenvalue weighted by molar-refractivity contribution is -0.0301. The lowest BCUT2D eigenvalue weighted by Crippen LogP contribution is -2.54. The zero-order valence-electron chi connectivity index (χ0n) is 11.6. The SMILES string of the molecule is CC(C)(C(O)CC1CCCC1)N1CCCCC1. The first-order chi connectivity index (χ1) is 8.10. The molecule has 2 nitrogen and oxygen atoms in total. The Hall–Kier alpha value is -0.0800. The molecule has 2 heteroatoms. The van der Waals surface area contributed by atoms with Crippen molar-refractivity contribution in [2.45, 2.75) is 76.9 Å². The van der Waals surface area contributed by atoms with Crippen molar-refractivity contribution < 1.29 is 5.11 Å². The van der Waals surface area contributed by atoms with Crippen LogP contribution in [0.1, 0.15) is 65.2 Å². The number of nitrogens with zero attached hydrogens (tertiary/aromatic N) is 1. The first kappa shape index (κ1) is 13.4. The van der Waals surface area contributed by atoms with Crippen LogP contribution in [0.4, 0.5) is 0 Å². The zero-order valence-corrected chi connectivity index (χ0v) is 11.6. The molecule has 0 radical (unpaired) electrons. The van der Waals surface area contributed by atoms with E-state index in [1.165, 1.54) is 58.0 Å². The number of likely N-dealkylation sites (tertiary alicyclic amines) is 1. The first-order valence-corrected chi connectivity index (χ1v) is 7.54. The van der Waals surface area contributed by atoms with Crippen molar-refractivity contribution in [2.24, 2.45) is 5.92 Å². The van der Waals surface area contributed by atoms with Crippen molar-refractivity contribution in [3.05, 3.63) is 0 Å². The summed E-state index contributed by atoms with van der Waals surface area (Å²) in [6, 6.07) is 0. The maximum absolute atomic E-state index is 10.5. The van der Waals surface area contributed by atoms with Gasteiger partial charge in [0.05, 0.1) is 6.10 Å². The third-order valence-corrected chi connectivity index (χ3v) is 5.02. The van der Waals surface area contributed by atoms with Gasteiger partial charge in [-0.3, -0.25) is 4.90 Å². The minimum absolute atomic E-state index is 0.0248. The lowest BCUT2D eigenvalue weighted by Gasteiger charge is -2.44. The Morgan fingerprint density at radius 2 is 1.65 bits per heavy atom. The van der Waals surface area contributed by atoms with E-state index >= 15 is 0 Å². The third-order valence-electron chi connectivity index (χ3n) is 5.02. The molecule has 1 heterocycles. The van der Waals surface area contributed by atoms with Crippen molar-refractivity contribution in [2.75, 3.05) is 13.1 Å². The number of hydrogen-bond acceptors (Lipinski definition) is 2. The summed E-state index contributed by atoms with van der Waals surface area (Å²) in [4.78, 5) is 2.51. The van der Waals surface area contributed by atoms with E-state index in [0.717, 1.165) is 12.3 Å². The summed E-state index contributed by atoms with van der Waals surface area (Å²) in [7, 11) is 0. The van der Waals surface area contributed by atoms with Gasteiger partial charge in [0.1, 0.15) is 0 Å². The smallest absolute Gasteiger partial charge is 0.0721 e. The van der Waals surface area contributed by atoms with Crippen LogP contribution in [0.3, 0.4) is 0 Å². The van der Waals surface area contributed by atoms with E-state index in [2.05, 4.69) is 18.7 Å². The monoisotopic (exact) mass is 239 g/mol. The second-order valence-electron chi connectivity index (χ2n) is 6.60. The predicted octanol–water partition coefficient (Wildman–Crippen LogP) is 3.19. The van der Waals surface area contributed by atoms with Crippen molar-refractivity contribution >= 4 is 0 Å². The van der Waals surface area contributed by atoms with Crippen LogP contribution in [0.15, 0.2) is 0 Å². The van der Waals surface area contributed by atoms with E-state index in [4.69, 9.17) is 0 Å². The average Bonchev–Trinajstić information content (AvgIpc) is 2.83. The molecule has 1 aliphatic carbocycles. The Balaban J connectivity index is 1.88. The molecule has 1 saturated heterocycles. The highest BCUT2D eigenvalue weighted by Crippen LogP contribution is 2.33. The molecule has 2 fully saturated rings. The van der Waals surface area contributed by atoms with E-state index in [-0.39, 0.29) is 11.6 Å². The van der Waals surface area contributed by atoms with Crippen LogP contribution in [0.25, 0.3) is 0 Å². The van der Waals surface area contributed by atoms with Crippen LogP contribution >= 0.6 is 0 Å². The van der Waals surface area contributed by atoms with Gasteiger partial charge in [-0.25, -0.2) is 0 Å². The number of rotatable bonds is 4. The molecule has 2 rings (SSSR count). The van der Waals surface area contributed by atoms with Crippen molar-refractivity contribution in [3.8, 4) is 0 Å². The Kier molecular flexibility index (Phi) is 4.48. The molecular weight excluding hydrogens is 210 g/mol. The summed E-state index contributed by atoms with van der Waals surface area (Å²) < 4.78 is 0. The maximum atomic E-state index is 10.5. The second kappa shape index (κ2) is 5.71. The summed E-state index contributed by atoms with van der Waals surface area (Å²) in [6.45, 7) is 6.82. The van der Waals surface area contributed by atoms with Crippen LogP contribution in [0, 0.1) is 5.92 Å². The Morgan fingerprint density at radius 1 is 1.06 bits per heavy atom. The molecule has 0 aromatic rings. The van der Waals surface area contributed by atoms with Gasteiger partial charge in [0.25, 0.3) is 0 Å². The molecule has 1 saturated carbocycles.